The molecule has 0 saturated carbocycles. The van der Waals surface area contributed by atoms with E-state index in [1.807, 2.05) is 45.4 Å². The Morgan fingerprint density at radius 2 is 2.00 bits per heavy atom. The van der Waals surface area contributed by atoms with Crippen molar-refractivity contribution in [3.8, 4) is 11.3 Å². The van der Waals surface area contributed by atoms with Crippen molar-refractivity contribution < 1.29 is 4.79 Å². The molecule has 5 heteroatoms. The molecule has 1 aromatic heterocycles. The van der Waals surface area contributed by atoms with Crippen LogP contribution in [0.15, 0.2) is 41.7 Å². The first kappa shape index (κ1) is 14.2. The summed E-state index contributed by atoms with van der Waals surface area (Å²) in [7, 11) is 3.87. The summed E-state index contributed by atoms with van der Waals surface area (Å²) < 4.78 is 2.09. The molecule has 0 bridgehead atoms. The summed E-state index contributed by atoms with van der Waals surface area (Å²) in [4.78, 5) is 18.2. The third kappa shape index (κ3) is 2.46. The first-order valence-electron chi connectivity index (χ1n) is 6.97. The first-order valence-corrected chi connectivity index (χ1v) is 7.95. The molecule has 1 aliphatic heterocycles. The fourth-order valence-electron chi connectivity index (χ4n) is 2.77. The Morgan fingerprint density at radius 3 is 2.62 bits per heavy atom. The standard InChI is InChI=1S/C16H19N3OS/c1-16(10-18(2)14(16)20)11-21-15-17-9-13(19(15)3)12-7-5-4-6-8-12/h4-9H,10-11H2,1-3H3. The van der Waals surface area contributed by atoms with E-state index < -0.39 is 0 Å². The normalized spacial score (nSPS) is 21.5. The highest BCUT2D eigenvalue weighted by atomic mass is 32.2. The number of thioether (sulfide) groups is 1. The first-order chi connectivity index (χ1) is 10.0. The van der Waals surface area contributed by atoms with E-state index in [0.29, 0.717) is 0 Å². The van der Waals surface area contributed by atoms with Crippen LogP contribution in [0.3, 0.4) is 0 Å². The minimum atomic E-state index is -0.238. The number of nitrogens with zero attached hydrogens (tertiary/aromatic N) is 3. The Morgan fingerprint density at radius 1 is 1.29 bits per heavy atom. The van der Waals surface area contributed by atoms with Crippen molar-refractivity contribution in [2.24, 2.45) is 12.5 Å². The SMILES string of the molecule is CN1CC(C)(CSc2ncc(-c3ccccc3)n2C)C1=O. The number of amides is 1. The van der Waals surface area contributed by atoms with Crippen LogP contribution in [-0.4, -0.2) is 39.7 Å². The third-order valence-corrected chi connectivity index (χ3v) is 5.40. The molecule has 110 valence electrons. The lowest BCUT2D eigenvalue weighted by Crippen LogP contribution is -2.59. The molecule has 0 radical (unpaired) electrons. The number of rotatable bonds is 4. The van der Waals surface area contributed by atoms with Crippen molar-refractivity contribution in [1.29, 1.82) is 0 Å². The smallest absolute Gasteiger partial charge is 0.230 e. The van der Waals surface area contributed by atoms with Crippen molar-refractivity contribution in [2.45, 2.75) is 12.1 Å². The van der Waals surface area contributed by atoms with Gasteiger partial charge in [0.2, 0.25) is 5.91 Å². The van der Waals surface area contributed by atoms with Gasteiger partial charge in [-0.25, -0.2) is 4.98 Å². The molecule has 3 rings (SSSR count). The average molecular weight is 301 g/mol. The third-order valence-electron chi connectivity index (χ3n) is 3.98. The van der Waals surface area contributed by atoms with Gasteiger partial charge in [-0.15, -0.1) is 0 Å². The highest BCUT2D eigenvalue weighted by molar-refractivity contribution is 7.99. The molecule has 1 saturated heterocycles. The van der Waals surface area contributed by atoms with Crippen LogP contribution in [-0.2, 0) is 11.8 Å². The number of aromatic nitrogens is 2. The van der Waals surface area contributed by atoms with Gasteiger partial charge in [0, 0.05) is 26.4 Å². The molecule has 1 aliphatic rings. The predicted octanol–water partition coefficient (Wildman–Crippen LogP) is 2.66. The van der Waals surface area contributed by atoms with Gasteiger partial charge in [0.05, 0.1) is 17.3 Å². The Kier molecular flexibility index (Phi) is 3.53. The zero-order valence-corrected chi connectivity index (χ0v) is 13.4. The molecule has 2 heterocycles. The van der Waals surface area contributed by atoms with Gasteiger partial charge in [0.15, 0.2) is 5.16 Å². The molecule has 4 nitrogen and oxygen atoms in total. The van der Waals surface area contributed by atoms with E-state index in [-0.39, 0.29) is 11.3 Å². The van der Waals surface area contributed by atoms with Crippen molar-refractivity contribution in [3.05, 3.63) is 36.5 Å². The van der Waals surface area contributed by atoms with Crippen molar-refractivity contribution in [1.82, 2.24) is 14.5 Å². The maximum absolute atomic E-state index is 11.9. The van der Waals surface area contributed by atoms with E-state index in [1.54, 1.807) is 16.7 Å². The van der Waals surface area contributed by atoms with Crippen LogP contribution in [0.25, 0.3) is 11.3 Å². The molecule has 0 spiro atoms. The molecule has 1 unspecified atom stereocenters. The number of imidazole rings is 1. The number of hydrogen-bond acceptors (Lipinski definition) is 3. The summed E-state index contributed by atoms with van der Waals surface area (Å²) >= 11 is 1.66. The average Bonchev–Trinajstić information content (AvgIpc) is 2.87. The highest BCUT2D eigenvalue weighted by Crippen LogP contribution is 2.36. The second-order valence-corrected chi connectivity index (χ2v) is 6.80. The van der Waals surface area contributed by atoms with Gasteiger partial charge in [0.1, 0.15) is 0 Å². The van der Waals surface area contributed by atoms with Crippen LogP contribution in [0.4, 0.5) is 0 Å². The number of β-lactam (4-membered cyclic amide) rings is 1. The number of carbonyl (C=O) groups excluding carboxylic acids is 1. The largest absolute Gasteiger partial charge is 0.344 e. The Labute approximate surface area is 129 Å². The lowest BCUT2D eigenvalue weighted by Gasteiger charge is -2.44. The summed E-state index contributed by atoms with van der Waals surface area (Å²) in [6, 6.07) is 10.2. The van der Waals surface area contributed by atoms with E-state index in [4.69, 9.17) is 0 Å². The monoisotopic (exact) mass is 301 g/mol. The summed E-state index contributed by atoms with van der Waals surface area (Å²) in [6.07, 6.45) is 1.90. The van der Waals surface area contributed by atoms with Crippen LogP contribution in [0.1, 0.15) is 6.92 Å². The second-order valence-electron chi connectivity index (χ2n) is 5.86. The summed E-state index contributed by atoms with van der Waals surface area (Å²) in [5.41, 5.74) is 2.02. The topological polar surface area (TPSA) is 38.1 Å². The number of likely N-dealkylation sites (tertiary alicyclic amines) is 1. The fourth-order valence-corrected chi connectivity index (χ4v) is 3.85. The van der Waals surface area contributed by atoms with Gasteiger partial charge in [0.25, 0.3) is 0 Å². The molecule has 1 atom stereocenters. The van der Waals surface area contributed by atoms with Gasteiger partial charge in [-0.3, -0.25) is 4.79 Å². The minimum Gasteiger partial charge on any atom is -0.344 e. The Bertz CT molecular complexity index is 667. The van der Waals surface area contributed by atoms with Crippen LogP contribution in [0, 0.1) is 5.41 Å². The maximum Gasteiger partial charge on any atom is 0.230 e. The quantitative estimate of drug-likeness (QED) is 0.644. The van der Waals surface area contributed by atoms with Gasteiger partial charge in [-0.2, -0.15) is 0 Å². The predicted molar refractivity (Wildman–Crippen MR) is 85.1 cm³/mol. The van der Waals surface area contributed by atoms with Gasteiger partial charge in [-0.1, -0.05) is 42.1 Å². The second kappa shape index (κ2) is 5.22. The molecular formula is C16H19N3OS. The van der Waals surface area contributed by atoms with Gasteiger partial charge >= 0.3 is 0 Å². The minimum absolute atomic E-state index is 0.229. The lowest BCUT2D eigenvalue weighted by atomic mass is 9.83. The summed E-state index contributed by atoms with van der Waals surface area (Å²) in [5.74, 6) is 1.00. The molecule has 1 amide bonds. The van der Waals surface area contributed by atoms with E-state index in [0.717, 1.165) is 28.7 Å². The van der Waals surface area contributed by atoms with Crippen LogP contribution < -0.4 is 0 Å². The van der Waals surface area contributed by atoms with Crippen molar-refractivity contribution in [3.63, 3.8) is 0 Å². The molecule has 21 heavy (non-hydrogen) atoms. The highest BCUT2D eigenvalue weighted by Gasteiger charge is 2.46. The zero-order valence-electron chi connectivity index (χ0n) is 12.5. The number of carbonyl (C=O) groups is 1. The van der Waals surface area contributed by atoms with Gasteiger partial charge < -0.3 is 9.47 Å². The molecular weight excluding hydrogens is 282 g/mol. The Hall–Kier alpha value is -1.75. The molecule has 1 aromatic carbocycles. The van der Waals surface area contributed by atoms with Crippen LogP contribution in [0.5, 0.6) is 0 Å². The van der Waals surface area contributed by atoms with Crippen LogP contribution >= 0.6 is 11.8 Å². The summed E-state index contributed by atoms with van der Waals surface area (Å²) in [5, 5.41) is 0.956. The number of hydrogen-bond donors (Lipinski definition) is 0. The summed E-state index contributed by atoms with van der Waals surface area (Å²) in [6.45, 7) is 2.86. The van der Waals surface area contributed by atoms with Crippen molar-refractivity contribution >= 4 is 17.7 Å². The van der Waals surface area contributed by atoms with E-state index >= 15 is 0 Å². The number of benzene rings is 1. The van der Waals surface area contributed by atoms with Gasteiger partial charge in [-0.05, 0) is 12.5 Å². The molecule has 0 N–H and O–H groups in total. The van der Waals surface area contributed by atoms with E-state index in [9.17, 15) is 4.79 Å². The maximum atomic E-state index is 11.9. The van der Waals surface area contributed by atoms with Crippen molar-refractivity contribution in [2.75, 3.05) is 19.3 Å². The molecule has 0 aliphatic carbocycles. The van der Waals surface area contributed by atoms with E-state index in [1.165, 1.54) is 0 Å². The Balaban J connectivity index is 1.74. The lowest BCUT2D eigenvalue weighted by molar-refractivity contribution is -0.153. The zero-order chi connectivity index (χ0) is 15.0. The van der Waals surface area contributed by atoms with E-state index in [2.05, 4.69) is 21.7 Å². The molecule has 2 aromatic rings. The fraction of sp³-hybridized carbons (Fsp3) is 0.375. The van der Waals surface area contributed by atoms with Crippen LogP contribution in [0.2, 0.25) is 0 Å². The molecule has 1 fully saturated rings.